The van der Waals surface area contributed by atoms with Crippen molar-refractivity contribution in [2.24, 2.45) is 0 Å². The second-order valence-corrected chi connectivity index (χ2v) is 7.85. The van der Waals surface area contributed by atoms with Crippen LogP contribution in [-0.2, 0) is 9.53 Å². The number of ether oxygens (including phenoxy) is 1. The van der Waals surface area contributed by atoms with Crippen LogP contribution in [0.3, 0.4) is 0 Å². The summed E-state index contributed by atoms with van der Waals surface area (Å²) in [6.45, 7) is 6.36. The number of aromatic nitrogens is 1. The minimum absolute atomic E-state index is 0.0220. The smallest absolute Gasteiger partial charge is 0.416 e. The van der Waals surface area contributed by atoms with Crippen molar-refractivity contribution in [1.82, 2.24) is 9.88 Å². The molecule has 2 aliphatic rings. The van der Waals surface area contributed by atoms with E-state index in [4.69, 9.17) is 4.74 Å². The Morgan fingerprint density at radius 3 is 2.68 bits per heavy atom. The van der Waals surface area contributed by atoms with E-state index in [0.29, 0.717) is 5.82 Å². The van der Waals surface area contributed by atoms with Crippen LogP contribution in [0.25, 0.3) is 0 Å². The maximum Gasteiger partial charge on any atom is 0.416 e. The molecule has 1 aliphatic heterocycles. The molecule has 2 fully saturated rings. The molecular weight excluding hydrogens is 318 g/mol. The van der Waals surface area contributed by atoms with E-state index >= 15 is 0 Å². The molecule has 1 aromatic heterocycles. The fourth-order valence-electron chi connectivity index (χ4n) is 3.48. The lowest BCUT2D eigenvalue weighted by atomic mass is 9.91. The van der Waals surface area contributed by atoms with E-state index in [9.17, 15) is 9.59 Å². The molecular formula is C19H27N3O3. The Hall–Kier alpha value is -2.11. The predicted molar refractivity (Wildman–Crippen MR) is 95.3 cm³/mol. The van der Waals surface area contributed by atoms with Crippen LogP contribution in [0.5, 0.6) is 0 Å². The second kappa shape index (κ2) is 7.02. The van der Waals surface area contributed by atoms with Crippen molar-refractivity contribution in [2.75, 3.05) is 11.4 Å². The van der Waals surface area contributed by atoms with Gasteiger partial charge in [0.1, 0.15) is 11.4 Å². The van der Waals surface area contributed by atoms with Crippen LogP contribution in [0.4, 0.5) is 10.6 Å². The van der Waals surface area contributed by atoms with Crippen molar-refractivity contribution in [3.8, 4) is 0 Å². The van der Waals surface area contributed by atoms with Gasteiger partial charge in [0.15, 0.2) is 0 Å². The van der Waals surface area contributed by atoms with E-state index in [1.54, 1.807) is 16.0 Å². The number of carbonyl (C=O) groups is 2. The highest BCUT2D eigenvalue weighted by Gasteiger charge is 2.37. The van der Waals surface area contributed by atoms with Gasteiger partial charge in [0.25, 0.3) is 0 Å². The number of hydrogen-bond acceptors (Lipinski definition) is 4. The van der Waals surface area contributed by atoms with Crippen LogP contribution in [0, 0.1) is 0 Å². The normalized spacial score (nSPS) is 20.9. The third kappa shape index (κ3) is 3.78. The molecule has 0 aromatic carbocycles. The van der Waals surface area contributed by atoms with Gasteiger partial charge in [0, 0.05) is 24.3 Å². The fourth-order valence-corrected chi connectivity index (χ4v) is 3.48. The Balaban J connectivity index is 1.96. The fraction of sp³-hybridized carbons (Fsp3) is 0.632. The zero-order valence-corrected chi connectivity index (χ0v) is 15.3. The van der Waals surface area contributed by atoms with E-state index in [0.717, 1.165) is 50.6 Å². The molecule has 136 valence electrons. The first kappa shape index (κ1) is 17.7. The van der Waals surface area contributed by atoms with Crippen LogP contribution in [-0.4, -0.2) is 40.6 Å². The van der Waals surface area contributed by atoms with Gasteiger partial charge in [-0.05, 0) is 58.9 Å². The van der Waals surface area contributed by atoms with Gasteiger partial charge in [-0.25, -0.2) is 9.78 Å². The van der Waals surface area contributed by atoms with Crippen LogP contribution < -0.4 is 4.90 Å². The number of likely N-dealkylation sites (tertiary alicyclic amines) is 1. The molecule has 2 heterocycles. The number of amides is 2. The summed E-state index contributed by atoms with van der Waals surface area (Å²) in [5.41, 5.74) is 0.376. The zero-order chi connectivity index (χ0) is 18.0. The topological polar surface area (TPSA) is 62.7 Å². The maximum atomic E-state index is 12.9. The highest BCUT2D eigenvalue weighted by molar-refractivity contribution is 5.88. The predicted octanol–water partition coefficient (Wildman–Crippen LogP) is 3.67. The molecule has 0 spiro atoms. The first-order valence-corrected chi connectivity index (χ1v) is 9.09. The molecule has 1 saturated heterocycles. The van der Waals surface area contributed by atoms with E-state index in [2.05, 4.69) is 4.98 Å². The van der Waals surface area contributed by atoms with Gasteiger partial charge in [0.05, 0.1) is 6.04 Å². The van der Waals surface area contributed by atoms with Gasteiger partial charge >= 0.3 is 6.09 Å². The molecule has 0 N–H and O–H groups in total. The number of carbonyl (C=O) groups excluding carboxylic acids is 2. The van der Waals surface area contributed by atoms with Crippen LogP contribution >= 0.6 is 0 Å². The lowest BCUT2D eigenvalue weighted by molar-refractivity contribution is -0.118. The first-order valence-electron chi connectivity index (χ1n) is 9.09. The molecule has 1 aromatic rings. The van der Waals surface area contributed by atoms with Gasteiger partial charge in [-0.15, -0.1) is 0 Å². The lowest BCUT2D eigenvalue weighted by Crippen LogP contribution is -2.47. The Bertz CT molecular complexity index is 637. The van der Waals surface area contributed by atoms with Gasteiger partial charge in [-0.1, -0.05) is 6.07 Å². The van der Waals surface area contributed by atoms with Gasteiger partial charge in [-0.3, -0.25) is 9.69 Å². The second-order valence-electron chi connectivity index (χ2n) is 7.85. The summed E-state index contributed by atoms with van der Waals surface area (Å²) in [5.74, 6) is 0.639. The third-order valence-electron chi connectivity index (χ3n) is 4.86. The van der Waals surface area contributed by atoms with E-state index in [1.807, 2.05) is 32.9 Å². The van der Waals surface area contributed by atoms with E-state index in [-0.39, 0.29) is 18.2 Å². The quantitative estimate of drug-likeness (QED) is 0.781. The Morgan fingerprint density at radius 1 is 1.32 bits per heavy atom. The molecule has 1 atom stereocenters. The maximum absolute atomic E-state index is 12.9. The average molecular weight is 345 g/mol. The molecule has 1 saturated carbocycles. The first-order chi connectivity index (χ1) is 11.9. The molecule has 2 amide bonds. The van der Waals surface area contributed by atoms with Gasteiger partial charge in [0.2, 0.25) is 6.41 Å². The van der Waals surface area contributed by atoms with Crippen molar-refractivity contribution in [2.45, 2.75) is 70.6 Å². The molecule has 0 radical (unpaired) electrons. The number of anilines is 1. The Labute approximate surface area is 149 Å². The third-order valence-corrected chi connectivity index (χ3v) is 4.86. The summed E-state index contributed by atoms with van der Waals surface area (Å²) < 4.78 is 5.65. The zero-order valence-electron chi connectivity index (χ0n) is 15.3. The Morgan fingerprint density at radius 2 is 2.08 bits per heavy atom. The summed E-state index contributed by atoms with van der Waals surface area (Å²) >= 11 is 0. The monoisotopic (exact) mass is 345 g/mol. The Kier molecular flexibility index (Phi) is 4.97. The highest BCUT2D eigenvalue weighted by Crippen LogP contribution is 2.38. The van der Waals surface area contributed by atoms with E-state index in [1.165, 1.54) is 0 Å². The summed E-state index contributed by atoms with van der Waals surface area (Å²) in [4.78, 5) is 32.3. The van der Waals surface area contributed by atoms with Gasteiger partial charge < -0.3 is 9.64 Å². The van der Waals surface area contributed by atoms with Crippen molar-refractivity contribution < 1.29 is 14.3 Å². The number of rotatable bonds is 4. The molecule has 25 heavy (non-hydrogen) atoms. The van der Waals surface area contributed by atoms with E-state index < -0.39 is 5.60 Å². The molecule has 0 bridgehead atoms. The number of nitrogens with zero attached hydrogens (tertiary/aromatic N) is 3. The average Bonchev–Trinajstić information content (AvgIpc) is 2.97. The lowest BCUT2D eigenvalue weighted by Gasteiger charge is -2.39. The molecule has 6 heteroatoms. The van der Waals surface area contributed by atoms with Crippen LogP contribution in [0.2, 0.25) is 0 Å². The van der Waals surface area contributed by atoms with Crippen molar-refractivity contribution in [3.63, 3.8) is 0 Å². The molecule has 1 aliphatic carbocycles. The SMILES string of the molecule is CC(C)(C)OC(=O)N(c1ncccc1[C@H]1CCCN1C=O)C1CCC1. The number of pyridine rings is 1. The van der Waals surface area contributed by atoms with Crippen molar-refractivity contribution in [3.05, 3.63) is 23.9 Å². The van der Waals surface area contributed by atoms with Crippen molar-refractivity contribution in [1.29, 1.82) is 0 Å². The van der Waals surface area contributed by atoms with Gasteiger partial charge in [-0.2, -0.15) is 0 Å². The summed E-state index contributed by atoms with van der Waals surface area (Å²) in [6, 6.07) is 3.94. The van der Waals surface area contributed by atoms with Crippen LogP contribution in [0.15, 0.2) is 18.3 Å². The summed E-state index contributed by atoms with van der Waals surface area (Å²) in [6.07, 6.45) is 7.13. The molecule has 6 nitrogen and oxygen atoms in total. The number of hydrogen-bond donors (Lipinski definition) is 0. The minimum Gasteiger partial charge on any atom is -0.443 e. The summed E-state index contributed by atoms with van der Waals surface area (Å²) in [7, 11) is 0. The van der Waals surface area contributed by atoms with Crippen LogP contribution in [0.1, 0.15) is 64.5 Å². The standard InChI is InChI=1S/C19H27N3O3/c1-19(2,3)25-18(24)22(14-7-4-8-14)17-15(9-5-11-20-17)16-10-6-12-21(16)13-23/h5,9,11,13-14,16H,4,6-8,10,12H2,1-3H3/t16-/m1/s1. The molecule has 0 unspecified atom stereocenters. The van der Waals surface area contributed by atoms with Crippen molar-refractivity contribution >= 4 is 18.3 Å². The highest BCUT2D eigenvalue weighted by atomic mass is 16.6. The minimum atomic E-state index is -0.559. The summed E-state index contributed by atoms with van der Waals surface area (Å²) in [5, 5.41) is 0. The largest absolute Gasteiger partial charge is 0.443 e. The molecule has 3 rings (SSSR count).